The van der Waals surface area contributed by atoms with E-state index in [1.54, 1.807) is 7.11 Å². The Bertz CT molecular complexity index is 593. The van der Waals surface area contributed by atoms with Gasteiger partial charge in [-0.25, -0.2) is 0 Å². The Morgan fingerprint density at radius 1 is 1.32 bits per heavy atom. The van der Waals surface area contributed by atoms with Gasteiger partial charge in [-0.05, 0) is 25.3 Å². The van der Waals surface area contributed by atoms with Gasteiger partial charge in [0.2, 0.25) is 5.89 Å². The fourth-order valence-electron chi connectivity index (χ4n) is 3.31. The van der Waals surface area contributed by atoms with E-state index >= 15 is 0 Å². The summed E-state index contributed by atoms with van der Waals surface area (Å²) in [5.41, 5.74) is 1.10. The van der Waals surface area contributed by atoms with E-state index in [4.69, 9.17) is 9.26 Å². The van der Waals surface area contributed by atoms with Gasteiger partial charge in [-0.15, -0.1) is 0 Å². The van der Waals surface area contributed by atoms with Crippen molar-refractivity contribution in [3.8, 4) is 0 Å². The molecular formula is C16H24N4O2. The highest BCUT2D eigenvalue weighted by Crippen LogP contribution is 2.38. The molecule has 2 aromatic heterocycles. The summed E-state index contributed by atoms with van der Waals surface area (Å²) in [6.45, 7) is 3.46. The molecule has 6 nitrogen and oxygen atoms in total. The zero-order valence-corrected chi connectivity index (χ0v) is 13.4. The van der Waals surface area contributed by atoms with Crippen molar-refractivity contribution in [2.24, 2.45) is 0 Å². The molecular weight excluding hydrogens is 280 g/mol. The molecule has 2 aromatic rings. The van der Waals surface area contributed by atoms with Crippen molar-refractivity contribution < 1.29 is 9.26 Å². The monoisotopic (exact) mass is 304 g/mol. The first-order chi connectivity index (χ1) is 10.7. The summed E-state index contributed by atoms with van der Waals surface area (Å²) < 4.78 is 12.8. The fourth-order valence-corrected chi connectivity index (χ4v) is 3.31. The molecule has 0 bridgehead atoms. The summed E-state index contributed by atoms with van der Waals surface area (Å²) >= 11 is 0. The highest BCUT2D eigenvalue weighted by atomic mass is 16.5. The second-order valence-electron chi connectivity index (χ2n) is 6.32. The Kier molecular flexibility index (Phi) is 4.57. The van der Waals surface area contributed by atoms with Gasteiger partial charge in [0, 0.05) is 26.3 Å². The van der Waals surface area contributed by atoms with Gasteiger partial charge in [0.25, 0.3) is 0 Å². The summed E-state index contributed by atoms with van der Waals surface area (Å²) in [6, 6.07) is 0. The van der Waals surface area contributed by atoms with Gasteiger partial charge in [-0.2, -0.15) is 10.1 Å². The molecule has 0 spiro atoms. The highest BCUT2D eigenvalue weighted by Gasteiger charge is 2.38. The van der Waals surface area contributed by atoms with Crippen molar-refractivity contribution >= 4 is 0 Å². The van der Waals surface area contributed by atoms with Crippen molar-refractivity contribution in [2.75, 3.05) is 13.7 Å². The third kappa shape index (κ3) is 3.21. The minimum absolute atomic E-state index is 0.0585. The molecule has 22 heavy (non-hydrogen) atoms. The smallest absolute Gasteiger partial charge is 0.228 e. The maximum atomic E-state index is 5.46. The van der Waals surface area contributed by atoms with E-state index in [0.29, 0.717) is 18.9 Å². The minimum atomic E-state index is -0.0585. The van der Waals surface area contributed by atoms with Crippen LogP contribution >= 0.6 is 0 Å². The van der Waals surface area contributed by atoms with Gasteiger partial charge in [0.15, 0.2) is 5.82 Å². The lowest BCUT2D eigenvalue weighted by Gasteiger charge is -2.33. The third-order valence-corrected chi connectivity index (χ3v) is 4.49. The van der Waals surface area contributed by atoms with Crippen LogP contribution in [0.25, 0.3) is 0 Å². The normalized spacial score (nSPS) is 17.7. The van der Waals surface area contributed by atoms with Gasteiger partial charge in [0.05, 0.1) is 18.2 Å². The average Bonchev–Trinajstić information content (AvgIpc) is 3.16. The zero-order chi connectivity index (χ0) is 15.4. The molecule has 1 saturated carbocycles. The molecule has 0 atom stereocenters. The first kappa shape index (κ1) is 15.2. The van der Waals surface area contributed by atoms with Gasteiger partial charge in [0.1, 0.15) is 0 Å². The van der Waals surface area contributed by atoms with E-state index in [2.05, 4.69) is 15.2 Å². The second kappa shape index (κ2) is 6.60. The summed E-state index contributed by atoms with van der Waals surface area (Å²) in [4.78, 5) is 4.65. The number of ether oxygens (including phenoxy) is 1. The van der Waals surface area contributed by atoms with Crippen LogP contribution in [0.1, 0.15) is 49.4 Å². The zero-order valence-electron chi connectivity index (χ0n) is 13.4. The molecule has 1 aliphatic rings. The summed E-state index contributed by atoms with van der Waals surface area (Å²) in [5.74, 6) is 1.50. The minimum Gasteiger partial charge on any atom is -0.384 e. The Balaban J connectivity index is 1.68. The first-order valence-corrected chi connectivity index (χ1v) is 8.03. The summed E-state index contributed by atoms with van der Waals surface area (Å²) in [6.07, 6.45) is 10.4. The van der Waals surface area contributed by atoms with Gasteiger partial charge in [-0.3, -0.25) is 4.68 Å². The number of hydrogen-bond donors (Lipinski definition) is 0. The molecule has 120 valence electrons. The summed E-state index contributed by atoms with van der Waals surface area (Å²) in [5, 5.41) is 8.53. The Labute approximate surface area is 130 Å². The molecule has 0 aliphatic heterocycles. The van der Waals surface area contributed by atoms with Crippen molar-refractivity contribution in [3.05, 3.63) is 29.7 Å². The SMILES string of the molecule is COCC1(c2noc(CCn3cc(C)cn3)n2)CCCCC1. The van der Waals surface area contributed by atoms with Crippen molar-refractivity contribution in [2.45, 2.75) is 57.4 Å². The molecule has 3 rings (SSSR count). The number of aromatic nitrogens is 4. The lowest BCUT2D eigenvalue weighted by molar-refractivity contribution is 0.0961. The number of hydrogen-bond acceptors (Lipinski definition) is 5. The molecule has 0 amide bonds. The van der Waals surface area contributed by atoms with Crippen LogP contribution in [0.2, 0.25) is 0 Å². The molecule has 0 saturated heterocycles. The van der Waals surface area contributed by atoms with Crippen LogP contribution in [-0.4, -0.2) is 33.6 Å². The van der Waals surface area contributed by atoms with E-state index in [1.807, 2.05) is 24.0 Å². The first-order valence-electron chi connectivity index (χ1n) is 8.03. The number of rotatable bonds is 6. The van der Waals surface area contributed by atoms with E-state index in [1.165, 1.54) is 19.3 Å². The van der Waals surface area contributed by atoms with Crippen molar-refractivity contribution in [1.82, 2.24) is 19.9 Å². The van der Waals surface area contributed by atoms with Crippen LogP contribution in [0.15, 0.2) is 16.9 Å². The molecule has 0 unspecified atom stereocenters. The van der Waals surface area contributed by atoms with E-state index in [-0.39, 0.29) is 5.41 Å². The van der Waals surface area contributed by atoms with Crippen LogP contribution in [0.4, 0.5) is 0 Å². The standard InChI is InChI=1S/C16H24N4O2/c1-13-10-17-20(11-13)9-6-14-18-15(19-22-14)16(12-21-2)7-4-3-5-8-16/h10-11H,3-9,12H2,1-2H3. The number of methoxy groups -OCH3 is 1. The van der Waals surface area contributed by atoms with Crippen molar-refractivity contribution in [3.63, 3.8) is 0 Å². The molecule has 1 aliphatic carbocycles. The van der Waals surface area contributed by atoms with Crippen LogP contribution in [0.3, 0.4) is 0 Å². The molecule has 2 heterocycles. The van der Waals surface area contributed by atoms with Gasteiger partial charge in [-0.1, -0.05) is 24.4 Å². The summed E-state index contributed by atoms with van der Waals surface area (Å²) in [7, 11) is 1.75. The maximum Gasteiger partial charge on any atom is 0.228 e. The quantitative estimate of drug-likeness (QED) is 0.821. The van der Waals surface area contributed by atoms with E-state index in [9.17, 15) is 0 Å². The van der Waals surface area contributed by atoms with E-state index in [0.717, 1.165) is 30.8 Å². The van der Waals surface area contributed by atoms with Crippen LogP contribution in [-0.2, 0) is 23.1 Å². The van der Waals surface area contributed by atoms with Crippen LogP contribution in [0, 0.1) is 6.92 Å². The fraction of sp³-hybridized carbons (Fsp3) is 0.688. The third-order valence-electron chi connectivity index (χ3n) is 4.49. The van der Waals surface area contributed by atoms with Crippen LogP contribution in [0.5, 0.6) is 0 Å². The Morgan fingerprint density at radius 2 is 2.14 bits per heavy atom. The highest BCUT2D eigenvalue weighted by molar-refractivity contribution is 5.09. The molecule has 1 fully saturated rings. The Morgan fingerprint density at radius 3 is 2.82 bits per heavy atom. The lowest BCUT2D eigenvalue weighted by Crippen LogP contribution is -2.35. The molecule has 0 N–H and O–H groups in total. The number of aryl methyl sites for hydroxylation is 3. The topological polar surface area (TPSA) is 66.0 Å². The number of nitrogens with zero attached hydrogens (tertiary/aromatic N) is 4. The molecule has 0 aromatic carbocycles. The molecule has 6 heteroatoms. The maximum absolute atomic E-state index is 5.46. The van der Waals surface area contributed by atoms with Gasteiger partial charge >= 0.3 is 0 Å². The largest absolute Gasteiger partial charge is 0.384 e. The van der Waals surface area contributed by atoms with Crippen molar-refractivity contribution in [1.29, 1.82) is 0 Å². The second-order valence-corrected chi connectivity index (χ2v) is 6.32. The van der Waals surface area contributed by atoms with E-state index < -0.39 is 0 Å². The van der Waals surface area contributed by atoms with Crippen LogP contribution < -0.4 is 0 Å². The molecule has 0 radical (unpaired) electrons. The predicted octanol–water partition coefficient (Wildman–Crippen LogP) is 2.67. The lowest BCUT2D eigenvalue weighted by atomic mass is 9.74. The average molecular weight is 304 g/mol. The Hall–Kier alpha value is -1.69. The predicted molar refractivity (Wildman–Crippen MR) is 81.6 cm³/mol. The van der Waals surface area contributed by atoms with Gasteiger partial charge < -0.3 is 9.26 Å².